The minimum absolute atomic E-state index is 0.323. The van der Waals surface area contributed by atoms with Crippen LogP contribution in [0.1, 0.15) is 37.3 Å². The van der Waals surface area contributed by atoms with E-state index in [1.165, 1.54) is 11.8 Å². The van der Waals surface area contributed by atoms with E-state index in [9.17, 15) is 9.59 Å². The van der Waals surface area contributed by atoms with Gasteiger partial charge in [0.25, 0.3) is 0 Å². The van der Waals surface area contributed by atoms with Crippen molar-refractivity contribution in [1.29, 1.82) is 0 Å². The minimum Gasteiger partial charge on any atom is -0.326 e. The fourth-order valence-corrected chi connectivity index (χ4v) is 2.29. The number of carbonyl (C=O) groups is 2. The van der Waals surface area contributed by atoms with Gasteiger partial charge in [0.2, 0.25) is 11.8 Å². The third kappa shape index (κ3) is 6.39. The summed E-state index contributed by atoms with van der Waals surface area (Å²) >= 11 is 5.84. The van der Waals surface area contributed by atoms with Crippen LogP contribution in [0.25, 0.3) is 0 Å². The Bertz CT molecular complexity index is 770. The molecule has 5 nitrogen and oxygen atoms in total. The molecule has 0 aliphatic carbocycles. The highest BCUT2D eigenvalue weighted by Gasteiger charge is 2.09. The van der Waals surface area contributed by atoms with Crippen LogP contribution < -0.4 is 10.7 Å². The van der Waals surface area contributed by atoms with Gasteiger partial charge in [-0.25, -0.2) is 5.43 Å². The van der Waals surface area contributed by atoms with Crippen molar-refractivity contribution in [3.8, 4) is 0 Å². The molecular formula is C19H20ClN3O2. The molecule has 0 radical (unpaired) electrons. The number of hydrogen-bond donors (Lipinski definition) is 2. The van der Waals surface area contributed by atoms with Crippen molar-refractivity contribution in [3.05, 3.63) is 64.7 Å². The van der Waals surface area contributed by atoms with Crippen molar-refractivity contribution in [3.63, 3.8) is 0 Å². The number of benzene rings is 2. The predicted octanol–water partition coefficient (Wildman–Crippen LogP) is 3.94. The Balaban J connectivity index is 1.80. The Morgan fingerprint density at radius 1 is 1.12 bits per heavy atom. The van der Waals surface area contributed by atoms with Crippen molar-refractivity contribution >= 4 is 35.3 Å². The third-order valence-electron chi connectivity index (χ3n) is 3.44. The molecule has 2 aromatic carbocycles. The summed E-state index contributed by atoms with van der Waals surface area (Å²) in [6.45, 7) is 4.25. The van der Waals surface area contributed by atoms with E-state index in [0.29, 0.717) is 16.6 Å². The summed E-state index contributed by atoms with van der Waals surface area (Å²) in [7, 11) is 0. The number of hydrogen-bond acceptors (Lipinski definition) is 3. The average molecular weight is 358 g/mol. The topological polar surface area (TPSA) is 70.6 Å². The van der Waals surface area contributed by atoms with Gasteiger partial charge in [0.05, 0.1) is 6.21 Å². The lowest BCUT2D eigenvalue weighted by Crippen LogP contribution is -2.24. The summed E-state index contributed by atoms with van der Waals surface area (Å²) in [6, 6.07) is 14.6. The maximum Gasteiger partial charge on any atom is 0.249 e. The van der Waals surface area contributed by atoms with Gasteiger partial charge in [-0.1, -0.05) is 55.8 Å². The molecule has 25 heavy (non-hydrogen) atoms. The fraction of sp³-hybridized carbons (Fsp3) is 0.211. The number of rotatable bonds is 6. The van der Waals surface area contributed by atoms with Crippen LogP contribution in [0.3, 0.4) is 0 Å². The second-order valence-corrected chi connectivity index (χ2v) is 6.29. The van der Waals surface area contributed by atoms with Crippen LogP contribution in [0.2, 0.25) is 5.02 Å². The first-order valence-electron chi connectivity index (χ1n) is 7.91. The molecule has 0 bridgehead atoms. The molecule has 2 N–H and O–H groups in total. The van der Waals surface area contributed by atoms with Crippen LogP contribution in [0.4, 0.5) is 5.69 Å². The van der Waals surface area contributed by atoms with E-state index in [0.717, 1.165) is 5.56 Å². The first kappa shape index (κ1) is 18.7. The number of carbonyl (C=O) groups excluding carboxylic acids is 2. The van der Waals surface area contributed by atoms with Crippen molar-refractivity contribution in [2.75, 3.05) is 5.32 Å². The molecule has 0 unspecified atom stereocenters. The van der Waals surface area contributed by atoms with Crippen LogP contribution in [0, 0.1) is 0 Å². The molecule has 0 spiro atoms. The summed E-state index contributed by atoms with van der Waals surface area (Å²) in [4.78, 5) is 23.5. The fourth-order valence-electron chi connectivity index (χ4n) is 2.10. The van der Waals surface area contributed by atoms with Crippen molar-refractivity contribution < 1.29 is 9.59 Å². The number of nitrogens with zero attached hydrogens (tertiary/aromatic N) is 1. The smallest absolute Gasteiger partial charge is 0.249 e. The van der Waals surface area contributed by atoms with Gasteiger partial charge in [-0.05, 0) is 35.2 Å². The van der Waals surface area contributed by atoms with Gasteiger partial charge < -0.3 is 5.32 Å². The Labute approximate surface area is 152 Å². The van der Waals surface area contributed by atoms with Crippen molar-refractivity contribution in [1.82, 2.24) is 5.43 Å². The highest BCUT2D eigenvalue weighted by Crippen LogP contribution is 2.15. The zero-order valence-corrected chi connectivity index (χ0v) is 14.9. The molecule has 0 saturated carbocycles. The normalized spacial score (nSPS) is 10.9. The Morgan fingerprint density at radius 3 is 2.48 bits per heavy atom. The molecule has 0 saturated heterocycles. The summed E-state index contributed by atoms with van der Waals surface area (Å²) in [5.41, 5.74) is 4.98. The quantitative estimate of drug-likeness (QED) is 0.467. The van der Waals surface area contributed by atoms with Gasteiger partial charge in [-0.2, -0.15) is 5.10 Å². The van der Waals surface area contributed by atoms with Gasteiger partial charge in [-0.3, -0.25) is 9.59 Å². The summed E-state index contributed by atoms with van der Waals surface area (Å²) < 4.78 is 0. The molecule has 2 aromatic rings. The zero-order chi connectivity index (χ0) is 18.2. The average Bonchev–Trinajstić information content (AvgIpc) is 2.55. The van der Waals surface area contributed by atoms with E-state index in [1.54, 1.807) is 24.3 Å². The lowest BCUT2D eigenvalue weighted by molar-refractivity contribution is -0.126. The molecule has 0 aliphatic rings. The molecule has 0 fully saturated rings. The Morgan fingerprint density at radius 2 is 1.84 bits per heavy atom. The second-order valence-electron chi connectivity index (χ2n) is 5.85. The number of halogens is 1. The second kappa shape index (κ2) is 8.99. The summed E-state index contributed by atoms with van der Waals surface area (Å²) in [6.07, 6.45) is 1.22. The first-order valence-corrected chi connectivity index (χ1v) is 8.29. The summed E-state index contributed by atoms with van der Waals surface area (Å²) in [5.74, 6) is -0.463. The van der Waals surface area contributed by atoms with E-state index in [2.05, 4.69) is 29.7 Å². The zero-order valence-electron chi connectivity index (χ0n) is 14.1. The Hall–Kier alpha value is -2.66. The lowest BCUT2D eigenvalue weighted by atomic mass is 10.0. The summed E-state index contributed by atoms with van der Waals surface area (Å²) in [5, 5.41) is 6.98. The van der Waals surface area contributed by atoms with E-state index in [1.807, 2.05) is 24.3 Å². The van der Waals surface area contributed by atoms with E-state index < -0.39 is 11.8 Å². The SMILES string of the molecule is CC(C)c1ccc(/C=N/NC(=O)CC(=O)Nc2cccc(Cl)c2)cc1. The highest BCUT2D eigenvalue weighted by atomic mass is 35.5. The lowest BCUT2D eigenvalue weighted by Gasteiger charge is -2.05. The van der Waals surface area contributed by atoms with Crippen molar-refractivity contribution in [2.24, 2.45) is 5.10 Å². The largest absolute Gasteiger partial charge is 0.326 e. The molecule has 130 valence electrons. The predicted molar refractivity (Wildman–Crippen MR) is 101 cm³/mol. The number of nitrogens with one attached hydrogen (secondary N) is 2. The van der Waals surface area contributed by atoms with Crippen LogP contribution in [-0.4, -0.2) is 18.0 Å². The van der Waals surface area contributed by atoms with Gasteiger partial charge in [0.15, 0.2) is 0 Å². The molecule has 2 rings (SSSR count). The molecule has 0 aromatic heterocycles. The van der Waals surface area contributed by atoms with Gasteiger partial charge in [0.1, 0.15) is 6.42 Å². The van der Waals surface area contributed by atoms with Gasteiger partial charge in [-0.15, -0.1) is 0 Å². The number of amides is 2. The van der Waals surface area contributed by atoms with Crippen LogP contribution in [0.15, 0.2) is 53.6 Å². The number of hydrazone groups is 1. The minimum atomic E-state index is -0.491. The molecule has 6 heteroatoms. The maximum atomic E-state index is 11.8. The molecular weight excluding hydrogens is 338 g/mol. The van der Waals surface area contributed by atoms with E-state index >= 15 is 0 Å². The van der Waals surface area contributed by atoms with Crippen LogP contribution in [0.5, 0.6) is 0 Å². The van der Waals surface area contributed by atoms with Gasteiger partial charge in [0, 0.05) is 10.7 Å². The van der Waals surface area contributed by atoms with Crippen molar-refractivity contribution in [2.45, 2.75) is 26.2 Å². The molecule has 0 aliphatic heterocycles. The maximum absolute atomic E-state index is 11.8. The first-order chi connectivity index (χ1) is 11.9. The van der Waals surface area contributed by atoms with E-state index in [4.69, 9.17) is 11.6 Å². The molecule has 0 atom stereocenters. The molecule has 0 heterocycles. The van der Waals surface area contributed by atoms with Gasteiger partial charge >= 0.3 is 0 Å². The number of anilines is 1. The Kier molecular flexibility index (Phi) is 6.71. The molecule has 2 amide bonds. The highest BCUT2D eigenvalue weighted by molar-refractivity contribution is 6.30. The van der Waals surface area contributed by atoms with Crippen LogP contribution >= 0.6 is 11.6 Å². The van der Waals surface area contributed by atoms with Crippen LogP contribution in [-0.2, 0) is 9.59 Å². The standard InChI is InChI=1S/C19H20ClN3O2/c1-13(2)15-8-6-14(7-9-15)12-21-23-19(25)11-18(24)22-17-5-3-4-16(20)10-17/h3-10,12-13H,11H2,1-2H3,(H,22,24)(H,23,25)/b21-12+. The van der Waals surface area contributed by atoms with E-state index in [-0.39, 0.29) is 6.42 Å². The monoisotopic (exact) mass is 357 g/mol. The third-order valence-corrected chi connectivity index (χ3v) is 3.67.